The molecular formula is C18H30ClIN4O2. The molecular weight excluding hydrogens is 467 g/mol. The number of nitrogens with one attached hydrogen (secondary N) is 2. The molecule has 1 heterocycles. The van der Waals surface area contributed by atoms with E-state index in [1.54, 1.807) is 0 Å². The molecule has 148 valence electrons. The number of likely N-dealkylation sites (N-methyl/N-ethyl adjacent to an activating group) is 1. The number of morpholine rings is 1. The average Bonchev–Trinajstić information content (AvgIpc) is 2.59. The van der Waals surface area contributed by atoms with Crippen LogP contribution in [0.15, 0.2) is 29.3 Å². The minimum Gasteiger partial charge on any atom is -0.489 e. The van der Waals surface area contributed by atoms with E-state index in [-0.39, 0.29) is 36.2 Å². The number of ether oxygens (including phenoxy) is 2. The van der Waals surface area contributed by atoms with Crippen molar-refractivity contribution in [2.45, 2.75) is 26.1 Å². The summed E-state index contributed by atoms with van der Waals surface area (Å²) in [6, 6.07) is 7.37. The maximum atomic E-state index is 5.89. The Bertz CT molecular complexity index is 544. The van der Waals surface area contributed by atoms with E-state index < -0.39 is 0 Å². The first-order chi connectivity index (χ1) is 12.1. The third kappa shape index (κ3) is 8.75. The van der Waals surface area contributed by atoms with Gasteiger partial charge in [-0.05, 0) is 45.2 Å². The Morgan fingerprint density at radius 2 is 2.12 bits per heavy atom. The van der Waals surface area contributed by atoms with Gasteiger partial charge in [-0.2, -0.15) is 0 Å². The molecule has 1 aromatic rings. The Kier molecular flexibility index (Phi) is 11.3. The lowest BCUT2D eigenvalue weighted by molar-refractivity contribution is -0.0161. The van der Waals surface area contributed by atoms with Crippen molar-refractivity contribution in [1.29, 1.82) is 0 Å². The summed E-state index contributed by atoms with van der Waals surface area (Å²) in [4.78, 5) is 6.88. The van der Waals surface area contributed by atoms with Gasteiger partial charge < -0.3 is 25.0 Å². The molecule has 0 spiro atoms. The molecule has 1 aliphatic heterocycles. The van der Waals surface area contributed by atoms with Crippen LogP contribution in [0.2, 0.25) is 5.02 Å². The number of aliphatic imine (C=N–C) groups is 1. The van der Waals surface area contributed by atoms with E-state index >= 15 is 0 Å². The van der Waals surface area contributed by atoms with Gasteiger partial charge in [0.05, 0.1) is 19.3 Å². The molecule has 2 N–H and O–H groups in total. The molecule has 2 rings (SSSR count). The minimum absolute atomic E-state index is 0. The van der Waals surface area contributed by atoms with Gasteiger partial charge in [0, 0.05) is 31.2 Å². The first kappa shape index (κ1) is 23.3. The molecule has 26 heavy (non-hydrogen) atoms. The first-order valence-corrected chi connectivity index (χ1v) is 9.19. The second kappa shape index (κ2) is 12.6. The molecule has 1 fully saturated rings. The van der Waals surface area contributed by atoms with Crippen LogP contribution in [0.1, 0.15) is 13.8 Å². The number of guanidine groups is 1. The summed E-state index contributed by atoms with van der Waals surface area (Å²) in [6.07, 6.45) is 0.152. The highest BCUT2D eigenvalue weighted by Crippen LogP contribution is 2.16. The second-order valence-corrected chi connectivity index (χ2v) is 6.67. The number of hydrogen-bond acceptors (Lipinski definition) is 4. The summed E-state index contributed by atoms with van der Waals surface area (Å²) >= 11 is 5.89. The molecule has 2 unspecified atom stereocenters. The van der Waals surface area contributed by atoms with E-state index in [1.807, 2.05) is 31.2 Å². The van der Waals surface area contributed by atoms with Gasteiger partial charge >= 0.3 is 0 Å². The summed E-state index contributed by atoms with van der Waals surface area (Å²) in [6.45, 7) is 8.86. The van der Waals surface area contributed by atoms with Crippen LogP contribution in [-0.4, -0.2) is 69.4 Å². The zero-order valence-corrected chi connectivity index (χ0v) is 18.8. The Balaban J connectivity index is 0.00000338. The normalized spacial score (nSPS) is 19.4. The highest BCUT2D eigenvalue weighted by atomic mass is 127. The molecule has 0 saturated carbocycles. The molecule has 0 aromatic heterocycles. The summed E-state index contributed by atoms with van der Waals surface area (Å²) in [5.74, 6) is 1.58. The van der Waals surface area contributed by atoms with Crippen LogP contribution >= 0.6 is 35.6 Å². The fourth-order valence-electron chi connectivity index (χ4n) is 2.55. The Morgan fingerprint density at radius 3 is 2.77 bits per heavy atom. The zero-order valence-electron chi connectivity index (χ0n) is 15.7. The van der Waals surface area contributed by atoms with Crippen molar-refractivity contribution in [3.05, 3.63) is 29.3 Å². The average molecular weight is 497 g/mol. The lowest BCUT2D eigenvalue weighted by atomic mass is 10.3. The van der Waals surface area contributed by atoms with Gasteiger partial charge in [-0.15, -0.1) is 24.0 Å². The molecule has 1 aliphatic rings. The maximum Gasteiger partial charge on any atom is 0.191 e. The number of rotatable bonds is 7. The molecule has 0 bridgehead atoms. The lowest BCUT2D eigenvalue weighted by Gasteiger charge is -2.30. The Labute approximate surface area is 178 Å². The van der Waals surface area contributed by atoms with Gasteiger partial charge in [-0.25, -0.2) is 4.99 Å². The Morgan fingerprint density at radius 1 is 1.38 bits per heavy atom. The van der Waals surface area contributed by atoms with Crippen molar-refractivity contribution < 1.29 is 9.47 Å². The van der Waals surface area contributed by atoms with Crippen LogP contribution in [0.3, 0.4) is 0 Å². The molecule has 1 aromatic carbocycles. The quantitative estimate of drug-likeness (QED) is 0.345. The molecule has 8 heteroatoms. The van der Waals surface area contributed by atoms with E-state index in [9.17, 15) is 0 Å². The summed E-state index contributed by atoms with van der Waals surface area (Å²) in [5.41, 5.74) is 0. The monoisotopic (exact) mass is 496 g/mol. The number of halogens is 2. The highest BCUT2D eigenvalue weighted by molar-refractivity contribution is 14.0. The van der Waals surface area contributed by atoms with Gasteiger partial charge in [-0.3, -0.25) is 0 Å². The van der Waals surface area contributed by atoms with Crippen LogP contribution in [0.4, 0.5) is 0 Å². The number of nitrogens with zero attached hydrogens (tertiary/aromatic N) is 2. The largest absolute Gasteiger partial charge is 0.489 e. The topological polar surface area (TPSA) is 58.1 Å². The van der Waals surface area contributed by atoms with E-state index in [1.165, 1.54) is 0 Å². The van der Waals surface area contributed by atoms with Crippen LogP contribution in [0.5, 0.6) is 5.75 Å². The number of benzene rings is 1. The molecule has 1 saturated heterocycles. The highest BCUT2D eigenvalue weighted by Gasteiger charge is 2.17. The summed E-state index contributed by atoms with van der Waals surface area (Å²) < 4.78 is 11.6. The minimum atomic E-state index is -0.0336. The van der Waals surface area contributed by atoms with Crippen LogP contribution in [0, 0.1) is 0 Å². The van der Waals surface area contributed by atoms with Crippen molar-refractivity contribution in [3.63, 3.8) is 0 Å². The Hall–Kier alpha value is -0.770. The lowest BCUT2D eigenvalue weighted by Crippen LogP contribution is -2.48. The van der Waals surface area contributed by atoms with Crippen molar-refractivity contribution in [2.75, 3.05) is 46.4 Å². The van der Waals surface area contributed by atoms with Crippen LogP contribution in [0.25, 0.3) is 0 Å². The third-order valence-electron chi connectivity index (χ3n) is 3.84. The molecule has 0 radical (unpaired) electrons. The van der Waals surface area contributed by atoms with Crippen molar-refractivity contribution >= 4 is 41.5 Å². The van der Waals surface area contributed by atoms with Gasteiger partial charge in [-0.1, -0.05) is 11.6 Å². The van der Waals surface area contributed by atoms with E-state index in [2.05, 4.69) is 34.5 Å². The predicted molar refractivity (Wildman–Crippen MR) is 118 cm³/mol. The fourth-order valence-corrected chi connectivity index (χ4v) is 2.67. The fraction of sp³-hybridized carbons (Fsp3) is 0.611. The molecule has 2 atom stereocenters. The van der Waals surface area contributed by atoms with Gasteiger partial charge in [0.25, 0.3) is 0 Å². The van der Waals surface area contributed by atoms with Gasteiger partial charge in [0.2, 0.25) is 0 Å². The number of hydrogen-bond donors (Lipinski definition) is 2. The molecule has 0 amide bonds. The van der Waals surface area contributed by atoms with Crippen LogP contribution < -0.4 is 15.4 Å². The third-order valence-corrected chi connectivity index (χ3v) is 4.09. The second-order valence-electron chi connectivity index (χ2n) is 6.24. The van der Waals surface area contributed by atoms with E-state index in [0.29, 0.717) is 11.6 Å². The smallest absolute Gasteiger partial charge is 0.191 e. The molecule has 6 nitrogen and oxygen atoms in total. The van der Waals surface area contributed by atoms with E-state index in [4.69, 9.17) is 21.1 Å². The van der Waals surface area contributed by atoms with Gasteiger partial charge in [0.1, 0.15) is 11.9 Å². The maximum absolute atomic E-state index is 5.89. The summed E-state index contributed by atoms with van der Waals surface area (Å²) in [7, 11) is 2.12. The first-order valence-electron chi connectivity index (χ1n) is 8.81. The van der Waals surface area contributed by atoms with Crippen LogP contribution in [-0.2, 0) is 4.74 Å². The summed E-state index contributed by atoms with van der Waals surface area (Å²) in [5, 5.41) is 7.31. The van der Waals surface area contributed by atoms with E-state index in [0.717, 1.165) is 44.5 Å². The van der Waals surface area contributed by atoms with Crippen molar-refractivity contribution in [3.8, 4) is 5.75 Å². The zero-order chi connectivity index (χ0) is 18.1. The SMILES string of the molecule is CCNC(=NCC(C)Oc1ccc(Cl)cc1)NCC1CN(C)CCO1.I. The van der Waals surface area contributed by atoms with Gasteiger partial charge in [0.15, 0.2) is 5.96 Å². The van der Waals surface area contributed by atoms with Crippen molar-refractivity contribution in [1.82, 2.24) is 15.5 Å². The van der Waals surface area contributed by atoms with Crippen molar-refractivity contribution in [2.24, 2.45) is 4.99 Å². The standard InChI is InChI=1S/C18H29ClN4O2.HI/c1-4-20-18(22-12-17-13-23(3)9-10-24-17)21-11-14(2)25-16-7-5-15(19)6-8-16;/h5-8,14,17H,4,9-13H2,1-3H3,(H2,20,21,22);1H. The predicted octanol–water partition coefficient (Wildman–Crippen LogP) is 2.61. The molecule has 0 aliphatic carbocycles.